The quantitative estimate of drug-likeness (QED) is 0.705. The lowest BCUT2D eigenvalue weighted by atomic mass is 9.84. The molecule has 0 bridgehead atoms. The number of Topliss-reactive ketones (excluding diaryl/α,β-unsaturated/α-hetero) is 1. The predicted octanol–water partition coefficient (Wildman–Crippen LogP) is 4.65. The Labute approximate surface area is 111 Å². The van der Waals surface area contributed by atoms with Crippen LogP contribution in [0.4, 0.5) is 0 Å². The Morgan fingerprint density at radius 1 is 1.11 bits per heavy atom. The van der Waals surface area contributed by atoms with Gasteiger partial charge < -0.3 is 0 Å². The van der Waals surface area contributed by atoms with Gasteiger partial charge in [0.1, 0.15) is 0 Å². The van der Waals surface area contributed by atoms with Gasteiger partial charge in [0, 0.05) is 11.5 Å². The Hall–Kier alpha value is -1.11. The highest BCUT2D eigenvalue weighted by molar-refractivity contribution is 5.97. The molecule has 0 unspecified atom stereocenters. The maximum absolute atomic E-state index is 11.8. The van der Waals surface area contributed by atoms with E-state index in [-0.39, 0.29) is 11.7 Å². The maximum atomic E-state index is 11.8. The standard InChI is InChI=1S/C17H24O/c1-13(2)17(18)16-10-8-15(9-11-16)12-14-6-4-3-5-7-14/h8-11,13-14H,3-7,12H2,1-2H3. The smallest absolute Gasteiger partial charge is 0.165 e. The third kappa shape index (κ3) is 3.44. The molecule has 0 spiro atoms. The summed E-state index contributed by atoms with van der Waals surface area (Å²) in [7, 11) is 0. The average Bonchev–Trinajstić information content (AvgIpc) is 2.40. The van der Waals surface area contributed by atoms with E-state index in [1.807, 2.05) is 26.0 Å². The summed E-state index contributed by atoms with van der Waals surface area (Å²) in [6.07, 6.45) is 8.16. The first-order valence-corrected chi connectivity index (χ1v) is 7.30. The van der Waals surface area contributed by atoms with E-state index in [2.05, 4.69) is 12.1 Å². The molecule has 0 N–H and O–H groups in total. The van der Waals surface area contributed by atoms with E-state index in [1.54, 1.807) is 0 Å². The molecule has 1 aliphatic carbocycles. The van der Waals surface area contributed by atoms with Gasteiger partial charge in [0.25, 0.3) is 0 Å². The molecular formula is C17H24O. The van der Waals surface area contributed by atoms with Crippen LogP contribution in [0.25, 0.3) is 0 Å². The van der Waals surface area contributed by atoms with Crippen LogP contribution in [0.15, 0.2) is 24.3 Å². The number of rotatable bonds is 4. The van der Waals surface area contributed by atoms with Crippen molar-refractivity contribution in [1.29, 1.82) is 0 Å². The van der Waals surface area contributed by atoms with Crippen LogP contribution in [-0.2, 0) is 6.42 Å². The van der Waals surface area contributed by atoms with Crippen molar-refractivity contribution < 1.29 is 4.79 Å². The Morgan fingerprint density at radius 2 is 1.72 bits per heavy atom. The van der Waals surface area contributed by atoms with Crippen LogP contribution in [0.3, 0.4) is 0 Å². The van der Waals surface area contributed by atoms with Gasteiger partial charge in [0.2, 0.25) is 0 Å². The zero-order chi connectivity index (χ0) is 13.0. The molecular weight excluding hydrogens is 220 g/mol. The molecule has 98 valence electrons. The SMILES string of the molecule is CC(C)C(=O)c1ccc(CC2CCCCC2)cc1. The van der Waals surface area contributed by atoms with Crippen molar-refractivity contribution in [2.75, 3.05) is 0 Å². The molecule has 0 aromatic heterocycles. The number of hydrogen-bond acceptors (Lipinski definition) is 1. The molecule has 0 amide bonds. The molecule has 0 heterocycles. The second-order valence-electron chi connectivity index (χ2n) is 5.92. The van der Waals surface area contributed by atoms with Gasteiger partial charge in [-0.2, -0.15) is 0 Å². The van der Waals surface area contributed by atoms with Crippen LogP contribution in [0, 0.1) is 11.8 Å². The first kappa shape index (κ1) is 13.3. The zero-order valence-corrected chi connectivity index (χ0v) is 11.6. The molecule has 18 heavy (non-hydrogen) atoms. The molecule has 1 aromatic rings. The third-order valence-electron chi connectivity index (χ3n) is 4.01. The topological polar surface area (TPSA) is 17.1 Å². The number of hydrogen-bond donors (Lipinski definition) is 0. The number of carbonyl (C=O) groups excluding carboxylic acids is 1. The number of ketones is 1. The van der Waals surface area contributed by atoms with E-state index in [4.69, 9.17) is 0 Å². The Bertz CT molecular complexity index is 383. The minimum Gasteiger partial charge on any atom is -0.294 e. The molecule has 0 atom stereocenters. The molecule has 1 saturated carbocycles. The molecule has 0 aliphatic heterocycles. The van der Waals surface area contributed by atoms with Gasteiger partial charge >= 0.3 is 0 Å². The van der Waals surface area contributed by atoms with Crippen LogP contribution < -0.4 is 0 Å². The fraction of sp³-hybridized carbons (Fsp3) is 0.588. The molecule has 0 saturated heterocycles. The lowest BCUT2D eigenvalue weighted by molar-refractivity contribution is 0.0939. The van der Waals surface area contributed by atoms with E-state index >= 15 is 0 Å². The summed E-state index contributed by atoms with van der Waals surface area (Å²) in [6, 6.07) is 8.29. The molecule has 0 radical (unpaired) electrons. The van der Waals surface area contributed by atoms with Crippen molar-refractivity contribution in [3.63, 3.8) is 0 Å². The summed E-state index contributed by atoms with van der Waals surface area (Å²) in [4.78, 5) is 11.8. The summed E-state index contributed by atoms with van der Waals surface area (Å²) < 4.78 is 0. The van der Waals surface area contributed by atoms with Crippen molar-refractivity contribution in [3.05, 3.63) is 35.4 Å². The largest absolute Gasteiger partial charge is 0.294 e. The number of benzene rings is 1. The minimum absolute atomic E-state index is 0.0918. The van der Waals surface area contributed by atoms with Crippen molar-refractivity contribution >= 4 is 5.78 Å². The van der Waals surface area contributed by atoms with Gasteiger partial charge in [-0.05, 0) is 17.9 Å². The van der Waals surface area contributed by atoms with Gasteiger partial charge in [0.15, 0.2) is 5.78 Å². The van der Waals surface area contributed by atoms with Crippen molar-refractivity contribution in [2.45, 2.75) is 52.4 Å². The normalized spacial score (nSPS) is 17.1. The molecule has 2 rings (SSSR count). The predicted molar refractivity (Wildman–Crippen MR) is 75.9 cm³/mol. The Balaban J connectivity index is 1.96. The van der Waals surface area contributed by atoms with Gasteiger partial charge in [-0.25, -0.2) is 0 Å². The summed E-state index contributed by atoms with van der Waals surface area (Å²) in [5.74, 6) is 1.21. The first-order valence-electron chi connectivity index (χ1n) is 7.30. The Morgan fingerprint density at radius 3 is 2.28 bits per heavy atom. The van der Waals surface area contributed by atoms with E-state index in [9.17, 15) is 4.79 Å². The van der Waals surface area contributed by atoms with Gasteiger partial charge in [-0.3, -0.25) is 4.79 Å². The Kier molecular flexibility index (Phi) is 4.57. The monoisotopic (exact) mass is 244 g/mol. The highest BCUT2D eigenvalue weighted by Gasteiger charge is 2.14. The number of carbonyl (C=O) groups is 1. The van der Waals surface area contributed by atoms with Crippen LogP contribution in [0.1, 0.15) is 61.9 Å². The van der Waals surface area contributed by atoms with Gasteiger partial charge in [-0.15, -0.1) is 0 Å². The van der Waals surface area contributed by atoms with Crippen molar-refractivity contribution in [3.8, 4) is 0 Å². The van der Waals surface area contributed by atoms with Crippen LogP contribution in [0.5, 0.6) is 0 Å². The average molecular weight is 244 g/mol. The summed E-state index contributed by atoms with van der Waals surface area (Å²) in [5, 5.41) is 0. The fourth-order valence-corrected chi connectivity index (χ4v) is 2.86. The molecule has 1 nitrogen and oxygen atoms in total. The van der Waals surface area contributed by atoms with E-state index in [0.29, 0.717) is 0 Å². The summed E-state index contributed by atoms with van der Waals surface area (Å²) in [5.41, 5.74) is 2.25. The third-order valence-corrected chi connectivity index (χ3v) is 4.01. The first-order chi connectivity index (χ1) is 8.66. The van der Waals surface area contributed by atoms with E-state index in [1.165, 1.54) is 44.1 Å². The molecule has 1 heteroatoms. The summed E-state index contributed by atoms with van der Waals surface area (Å²) >= 11 is 0. The lowest BCUT2D eigenvalue weighted by Gasteiger charge is -2.21. The second-order valence-corrected chi connectivity index (χ2v) is 5.92. The van der Waals surface area contributed by atoms with Crippen LogP contribution in [0.2, 0.25) is 0 Å². The van der Waals surface area contributed by atoms with Crippen molar-refractivity contribution in [1.82, 2.24) is 0 Å². The van der Waals surface area contributed by atoms with E-state index < -0.39 is 0 Å². The lowest BCUT2D eigenvalue weighted by Crippen LogP contribution is -2.10. The van der Waals surface area contributed by atoms with Crippen LogP contribution >= 0.6 is 0 Å². The zero-order valence-electron chi connectivity index (χ0n) is 11.6. The van der Waals surface area contributed by atoms with Gasteiger partial charge in [0.05, 0.1) is 0 Å². The summed E-state index contributed by atoms with van der Waals surface area (Å²) in [6.45, 7) is 3.91. The minimum atomic E-state index is 0.0918. The second kappa shape index (κ2) is 6.17. The maximum Gasteiger partial charge on any atom is 0.165 e. The highest BCUT2D eigenvalue weighted by Crippen LogP contribution is 2.27. The van der Waals surface area contributed by atoms with Gasteiger partial charge in [-0.1, -0.05) is 70.2 Å². The molecule has 1 aromatic carbocycles. The molecule has 1 fully saturated rings. The highest BCUT2D eigenvalue weighted by atomic mass is 16.1. The molecule has 1 aliphatic rings. The van der Waals surface area contributed by atoms with Crippen LogP contribution in [-0.4, -0.2) is 5.78 Å². The fourth-order valence-electron chi connectivity index (χ4n) is 2.86. The van der Waals surface area contributed by atoms with E-state index in [0.717, 1.165) is 11.5 Å². The van der Waals surface area contributed by atoms with Crippen molar-refractivity contribution in [2.24, 2.45) is 11.8 Å².